The second-order valence-electron chi connectivity index (χ2n) is 1.89. The maximum atomic E-state index is 10.8. The topological polar surface area (TPSA) is 29.5 Å². The van der Waals surface area contributed by atoms with E-state index in [0.29, 0.717) is 6.54 Å². The number of hydrogen-bond acceptors (Lipinski definition) is 2. The van der Waals surface area contributed by atoms with E-state index in [-0.39, 0.29) is 12.5 Å². The molecule has 56 valence electrons. The molecule has 0 unspecified atom stereocenters. The van der Waals surface area contributed by atoms with Crippen LogP contribution in [-0.4, -0.2) is 38.1 Å². The first-order chi connectivity index (χ1) is 4.72. The zero-order valence-corrected chi connectivity index (χ0v) is 6.26. The normalized spacial score (nSPS) is 8.50. The molecule has 0 N–H and O–H groups in total. The van der Waals surface area contributed by atoms with Gasteiger partial charge in [0.1, 0.15) is 6.61 Å². The molecule has 0 radical (unpaired) electrons. The maximum Gasteiger partial charge on any atom is 0.249 e. The quantitative estimate of drug-likeness (QED) is 0.506. The zero-order valence-electron chi connectivity index (χ0n) is 6.26. The Bertz CT molecular complexity index is 148. The predicted molar refractivity (Wildman–Crippen MR) is 38.3 cm³/mol. The lowest BCUT2D eigenvalue weighted by molar-refractivity contribution is -0.133. The number of nitrogens with zero attached hydrogens (tertiary/aromatic N) is 1. The Hall–Kier alpha value is -1.01. The number of rotatable bonds is 3. The van der Waals surface area contributed by atoms with Crippen molar-refractivity contribution in [3.8, 4) is 12.3 Å². The minimum atomic E-state index is -0.0968. The molecule has 0 heterocycles. The molecular formula is C7H11NO2. The van der Waals surface area contributed by atoms with Gasteiger partial charge in [0.25, 0.3) is 0 Å². The molecule has 0 aromatic rings. The second-order valence-corrected chi connectivity index (χ2v) is 1.89. The van der Waals surface area contributed by atoms with Crippen LogP contribution in [0.3, 0.4) is 0 Å². The minimum absolute atomic E-state index is 0.0954. The van der Waals surface area contributed by atoms with Crippen molar-refractivity contribution in [3.63, 3.8) is 0 Å². The number of carbonyl (C=O) groups excluding carboxylic acids is 1. The summed E-state index contributed by atoms with van der Waals surface area (Å²) in [5.74, 6) is 2.26. The van der Waals surface area contributed by atoms with Crippen molar-refractivity contribution in [2.24, 2.45) is 0 Å². The van der Waals surface area contributed by atoms with Gasteiger partial charge in [-0.25, -0.2) is 0 Å². The lowest BCUT2D eigenvalue weighted by Gasteiger charge is -2.11. The molecule has 0 aliphatic carbocycles. The highest BCUT2D eigenvalue weighted by atomic mass is 16.5. The Morgan fingerprint density at radius 1 is 1.80 bits per heavy atom. The summed E-state index contributed by atoms with van der Waals surface area (Å²) >= 11 is 0. The highest BCUT2D eigenvalue weighted by molar-refractivity contribution is 5.77. The standard InChI is InChI=1S/C7H11NO2/c1-4-5-8(2)7(9)6-10-3/h1H,5-6H2,2-3H3. The molecule has 0 aromatic heterocycles. The summed E-state index contributed by atoms with van der Waals surface area (Å²) in [5.41, 5.74) is 0. The summed E-state index contributed by atoms with van der Waals surface area (Å²) in [6.45, 7) is 0.431. The average Bonchev–Trinajstić information content (AvgIpc) is 1.89. The molecule has 0 aliphatic heterocycles. The van der Waals surface area contributed by atoms with Crippen LogP contribution in [0.15, 0.2) is 0 Å². The van der Waals surface area contributed by atoms with Crippen molar-refractivity contribution in [1.29, 1.82) is 0 Å². The third-order valence-corrected chi connectivity index (χ3v) is 1.02. The minimum Gasteiger partial charge on any atom is -0.375 e. The van der Waals surface area contributed by atoms with Crippen LogP contribution in [-0.2, 0) is 9.53 Å². The predicted octanol–water partition coefficient (Wildman–Crippen LogP) is -0.276. The Morgan fingerprint density at radius 2 is 2.40 bits per heavy atom. The van der Waals surface area contributed by atoms with Crippen LogP contribution in [0.4, 0.5) is 0 Å². The fourth-order valence-corrected chi connectivity index (χ4v) is 0.459. The van der Waals surface area contributed by atoms with Crippen LogP contribution in [0.2, 0.25) is 0 Å². The molecule has 3 nitrogen and oxygen atoms in total. The molecule has 1 amide bonds. The van der Waals surface area contributed by atoms with Crippen LogP contribution in [0.25, 0.3) is 0 Å². The maximum absolute atomic E-state index is 10.8. The smallest absolute Gasteiger partial charge is 0.249 e. The Morgan fingerprint density at radius 3 is 2.80 bits per heavy atom. The molecular weight excluding hydrogens is 130 g/mol. The van der Waals surface area contributed by atoms with E-state index in [1.807, 2.05) is 0 Å². The summed E-state index contributed by atoms with van der Waals surface area (Å²) in [4.78, 5) is 12.3. The van der Waals surface area contributed by atoms with Gasteiger partial charge in [-0.15, -0.1) is 6.42 Å². The number of methoxy groups -OCH3 is 1. The summed E-state index contributed by atoms with van der Waals surface area (Å²) in [7, 11) is 3.11. The number of ether oxygens (including phenoxy) is 1. The van der Waals surface area contributed by atoms with Crippen molar-refractivity contribution in [3.05, 3.63) is 0 Å². The van der Waals surface area contributed by atoms with Gasteiger partial charge in [-0.1, -0.05) is 5.92 Å². The number of terminal acetylenes is 1. The molecule has 0 spiro atoms. The van der Waals surface area contributed by atoms with Gasteiger partial charge in [0, 0.05) is 14.2 Å². The van der Waals surface area contributed by atoms with Gasteiger partial charge in [-0.3, -0.25) is 4.79 Å². The van der Waals surface area contributed by atoms with Crippen molar-refractivity contribution < 1.29 is 9.53 Å². The summed E-state index contributed by atoms with van der Waals surface area (Å²) in [6.07, 6.45) is 4.98. The fourth-order valence-electron chi connectivity index (χ4n) is 0.459. The summed E-state index contributed by atoms with van der Waals surface area (Å²) < 4.78 is 4.61. The first-order valence-corrected chi connectivity index (χ1v) is 2.88. The van der Waals surface area contributed by atoms with Crippen molar-refractivity contribution in [2.45, 2.75) is 0 Å². The zero-order chi connectivity index (χ0) is 7.98. The van der Waals surface area contributed by atoms with E-state index in [1.54, 1.807) is 7.05 Å². The van der Waals surface area contributed by atoms with E-state index in [4.69, 9.17) is 6.42 Å². The molecule has 0 rings (SSSR count). The van der Waals surface area contributed by atoms with Crippen LogP contribution in [0, 0.1) is 12.3 Å². The largest absolute Gasteiger partial charge is 0.375 e. The molecule has 0 bridgehead atoms. The molecule has 0 aliphatic rings. The monoisotopic (exact) mass is 141 g/mol. The van der Waals surface area contributed by atoms with Gasteiger partial charge in [0.2, 0.25) is 5.91 Å². The van der Waals surface area contributed by atoms with Gasteiger partial charge in [0.15, 0.2) is 0 Å². The van der Waals surface area contributed by atoms with E-state index < -0.39 is 0 Å². The van der Waals surface area contributed by atoms with E-state index in [9.17, 15) is 4.79 Å². The van der Waals surface area contributed by atoms with Crippen molar-refractivity contribution in [1.82, 2.24) is 4.90 Å². The van der Waals surface area contributed by atoms with Crippen LogP contribution in [0.1, 0.15) is 0 Å². The highest BCUT2D eigenvalue weighted by Crippen LogP contribution is 1.82. The van der Waals surface area contributed by atoms with E-state index in [2.05, 4.69) is 10.7 Å². The van der Waals surface area contributed by atoms with E-state index in [1.165, 1.54) is 12.0 Å². The number of likely N-dealkylation sites (N-methyl/N-ethyl adjacent to an activating group) is 1. The first kappa shape index (κ1) is 8.99. The Balaban J connectivity index is 3.62. The van der Waals surface area contributed by atoms with E-state index >= 15 is 0 Å². The second kappa shape index (κ2) is 4.83. The van der Waals surface area contributed by atoms with Crippen molar-refractivity contribution in [2.75, 3.05) is 27.3 Å². The third kappa shape index (κ3) is 3.10. The fraction of sp³-hybridized carbons (Fsp3) is 0.571. The van der Waals surface area contributed by atoms with Crippen LogP contribution >= 0.6 is 0 Å². The Labute approximate surface area is 61.0 Å². The van der Waals surface area contributed by atoms with Gasteiger partial charge >= 0.3 is 0 Å². The number of amides is 1. The summed E-state index contributed by atoms with van der Waals surface area (Å²) in [5, 5.41) is 0. The molecule has 10 heavy (non-hydrogen) atoms. The first-order valence-electron chi connectivity index (χ1n) is 2.88. The van der Waals surface area contributed by atoms with E-state index in [0.717, 1.165) is 0 Å². The SMILES string of the molecule is C#CCN(C)C(=O)COC. The third-order valence-electron chi connectivity index (χ3n) is 1.02. The molecule has 0 saturated carbocycles. The van der Waals surface area contributed by atoms with Crippen LogP contribution in [0.5, 0.6) is 0 Å². The molecule has 0 saturated heterocycles. The number of carbonyl (C=O) groups is 1. The lowest BCUT2D eigenvalue weighted by Crippen LogP contribution is -2.30. The summed E-state index contributed by atoms with van der Waals surface area (Å²) in [6, 6.07) is 0. The van der Waals surface area contributed by atoms with Gasteiger partial charge in [0.05, 0.1) is 6.54 Å². The number of hydrogen-bond donors (Lipinski definition) is 0. The van der Waals surface area contributed by atoms with Crippen LogP contribution < -0.4 is 0 Å². The molecule has 0 aromatic carbocycles. The lowest BCUT2D eigenvalue weighted by atomic mass is 10.5. The van der Waals surface area contributed by atoms with Crippen molar-refractivity contribution >= 4 is 5.91 Å². The van der Waals surface area contributed by atoms with Gasteiger partial charge in [-0.2, -0.15) is 0 Å². The van der Waals surface area contributed by atoms with Gasteiger partial charge < -0.3 is 9.64 Å². The average molecular weight is 141 g/mol. The van der Waals surface area contributed by atoms with Gasteiger partial charge in [-0.05, 0) is 0 Å². The highest BCUT2D eigenvalue weighted by Gasteiger charge is 2.04. The Kier molecular flexibility index (Phi) is 4.34. The molecule has 0 fully saturated rings. The molecule has 0 atom stereocenters. The molecule has 3 heteroatoms.